The molecule has 0 aliphatic rings. The van der Waals surface area contributed by atoms with Crippen LogP contribution in [0.5, 0.6) is 0 Å². The van der Waals surface area contributed by atoms with Crippen LogP contribution in [0.4, 0.5) is 5.69 Å². The summed E-state index contributed by atoms with van der Waals surface area (Å²) < 4.78 is 0. The van der Waals surface area contributed by atoms with Gasteiger partial charge in [0.25, 0.3) is 5.69 Å². The number of nitrogens with zero attached hydrogens (tertiary/aromatic N) is 3. The fourth-order valence-electron chi connectivity index (χ4n) is 2.02. The van der Waals surface area contributed by atoms with Crippen LogP contribution in [0, 0.1) is 10.1 Å². The lowest BCUT2D eigenvalue weighted by Crippen LogP contribution is -1.90. The van der Waals surface area contributed by atoms with Gasteiger partial charge in [-0.2, -0.15) is 10.2 Å². The third kappa shape index (κ3) is 2.01. The third-order valence-corrected chi connectivity index (χ3v) is 2.91. The van der Waals surface area contributed by atoms with Crippen molar-refractivity contribution in [3.8, 4) is 11.1 Å². The largest absolute Gasteiger partial charge is 0.270 e. The van der Waals surface area contributed by atoms with Gasteiger partial charge in [0.2, 0.25) is 0 Å². The van der Waals surface area contributed by atoms with E-state index in [0.29, 0.717) is 0 Å². The van der Waals surface area contributed by atoms with Gasteiger partial charge >= 0.3 is 0 Å². The topological polar surface area (TPSA) is 68.9 Å². The number of fused-ring (bicyclic) bond motifs is 1. The third-order valence-electron chi connectivity index (χ3n) is 2.91. The molecule has 5 heteroatoms. The van der Waals surface area contributed by atoms with Crippen molar-refractivity contribution in [2.45, 2.75) is 0 Å². The first kappa shape index (κ1) is 11.3. The van der Waals surface area contributed by atoms with Crippen LogP contribution in [0.2, 0.25) is 0 Å². The number of rotatable bonds is 2. The van der Waals surface area contributed by atoms with Crippen LogP contribution in [0.25, 0.3) is 22.0 Å². The Kier molecular flexibility index (Phi) is 2.64. The number of nitro groups is 1. The first-order chi connectivity index (χ1) is 9.25. The maximum absolute atomic E-state index is 10.8. The van der Waals surface area contributed by atoms with Crippen LogP contribution < -0.4 is 0 Å². The highest BCUT2D eigenvalue weighted by Crippen LogP contribution is 2.28. The van der Waals surface area contributed by atoms with Gasteiger partial charge in [-0.1, -0.05) is 30.3 Å². The Morgan fingerprint density at radius 1 is 1.05 bits per heavy atom. The second-order valence-electron chi connectivity index (χ2n) is 4.08. The lowest BCUT2D eigenvalue weighted by Gasteiger charge is -2.04. The maximum atomic E-state index is 10.8. The highest BCUT2D eigenvalue weighted by atomic mass is 16.6. The second-order valence-corrected chi connectivity index (χ2v) is 4.08. The molecule has 1 aromatic heterocycles. The molecular formula is C14H9N3O2. The second kappa shape index (κ2) is 4.45. The van der Waals surface area contributed by atoms with E-state index in [4.69, 9.17) is 0 Å². The molecule has 0 amide bonds. The van der Waals surface area contributed by atoms with Crippen molar-refractivity contribution in [3.63, 3.8) is 0 Å². The zero-order valence-corrected chi connectivity index (χ0v) is 9.85. The van der Waals surface area contributed by atoms with Gasteiger partial charge in [-0.25, -0.2) is 0 Å². The van der Waals surface area contributed by atoms with E-state index >= 15 is 0 Å². The summed E-state index contributed by atoms with van der Waals surface area (Å²) in [5.74, 6) is 0. The first-order valence-electron chi connectivity index (χ1n) is 5.71. The van der Waals surface area contributed by atoms with Crippen LogP contribution in [0.15, 0.2) is 54.7 Å². The monoisotopic (exact) mass is 251 g/mol. The summed E-state index contributed by atoms with van der Waals surface area (Å²) in [6.45, 7) is 0. The van der Waals surface area contributed by atoms with Crippen LogP contribution in [-0.4, -0.2) is 15.1 Å². The van der Waals surface area contributed by atoms with Crippen molar-refractivity contribution in [2.75, 3.05) is 0 Å². The number of hydrogen-bond donors (Lipinski definition) is 0. The minimum atomic E-state index is -0.402. The van der Waals surface area contributed by atoms with Crippen molar-refractivity contribution in [1.29, 1.82) is 0 Å². The number of hydrogen-bond acceptors (Lipinski definition) is 4. The van der Waals surface area contributed by atoms with Gasteiger partial charge < -0.3 is 0 Å². The Bertz CT molecular complexity index is 766. The summed E-state index contributed by atoms with van der Waals surface area (Å²) in [6, 6.07) is 14.1. The Balaban J connectivity index is 2.24. The summed E-state index contributed by atoms with van der Waals surface area (Å²) in [5.41, 5.74) is 2.44. The number of non-ortho nitro benzene ring substituents is 1. The Morgan fingerprint density at radius 3 is 2.74 bits per heavy atom. The van der Waals surface area contributed by atoms with Gasteiger partial charge in [-0.05, 0) is 11.6 Å². The van der Waals surface area contributed by atoms with E-state index in [0.717, 1.165) is 22.0 Å². The molecule has 0 radical (unpaired) electrons. The highest BCUT2D eigenvalue weighted by Gasteiger charge is 2.09. The van der Waals surface area contributed by atoms with E-state index in [1.165, 1.54) is 6.07 Å². The van der Waals surface area contributed by atoms with Crippen molar-refractivity contribution in [3.05, 3.63) is 64.8 Å². The smallest absolute Gasteiger partial charge is 0.258 e. The molecule has 3 rings (SSSR count). The van der Waals surface area contributed by atoms with Gasteiger partial charge in [-0.15, -0.1) is 0 Å². The van der Waals surface area contributed by atoms with Gasteiger partial charge in [0.15, 0.2) is 0 Å². The molecule has 0 saturated heterocycles. The highest BCUT2D eigenvalue weighted by molar-refractivity contribution is 5.93. The van der Waals surface area contributed by atoms with E-state index in [1.54, 1.807) is 18.3 Å². The molecule has 2 aromatic carbocycles. The summed E-state index contributed by atoms with van der Waals surface area (Å²) >= 11 is 0. The molecule has 0 spiro atoms. The quantitative estimate of drug-likeness (QED) is 0.518. The predicted molar refractivity (Wildman–Crippen MR) is 71.6 cm³/mol. The zero-order chi connectivity index (χ0) is 13.2. The molecule has 0 saturated carbocycles. The van der Waals surface area contributed by atoms with Crippen LogP contribution in [0.1, 0.15) is 0 Å². The minimum Gasteiger partial charge on any atom is -0.258 e. The van der Waals surface area contributed by atoms with E-state index < -0.39 is 4.92 Å². The standard InChI is InChI=1S/C14H9N3O2/c18-17(19)11-5-3-4-10(8-11)13-9-15-16-14-7-2-1-6-12(13)14/h1-9H. The minimum absolute atomic E-state index is 0.0680. The van der Waals surface area contributed by atoms with Crippen molar-refractivity contribution in [1.82, 2.24) is 10.2 Å². The predicted octanol–water partition coefficient (Wildman–Crippen LogP) is 3.21. The van der Waals surface area contributed by atoms with Gasteiger partial charge in [-0.3, -0.25) is 10.1 Å². The van der Waals surface area contributed by atoms with E-state index in [2.05, 4.69) is 10.2 Å². The summed E-state index contributed by atoms with van der Waals surface area (Å²) in [5, 5.41) is 19.7. The first-order valence-corrected chi connectivity index (χ1v) is 5.71. The molecule has 1 heterocycles. The molecule has 0 aliphatic heterocycles. The average molecular weight is 251 g/mol. The molecule has 92 valence electrons. The Hall–Kier alpha value is -2.82. The zero-order valence-electron chi connectivity index (χ0n) is 9.85. The molecule has 0 aliphatic carbocycles. The summed E-state index contributed by atoms with van der Waals surface area (Å²) in [4.78, 5) is 10.4. The maximum Gasteiger partial charge on any atom is 0.270 e. The lowest BCUT2D eigenvalue weighted by molar-refractivity contribution is -0.384. The number of benzene rings is 2. The van der Waals surface area contributed by atoms with Crippen LogP contribution >= 0.6 is 0 Å². The van der Waals surface area contributed by atoms with Crippen molar-refractivity contribution >= 4 is 16.6 Å². The molecule has 0 atom stereocenters. The molecule has 0 fully saturated rings. The molecule has 0 bridgehead atoms. The van der Waals surface area contributed by atoms with E-state index in [1.807, 2.05) is 30.3 Å². The molecule has 3 aromatic rings. The number of aromatic nitrogens is 2. The fourth-order valence-corrected chi connectivity index (χ4v) is 2.02. The number of nitro benzene ring substituents is 1. The summed E-state index contributed by atoms with van der Waals surface area (Å²) in [6.07, 6.45) is 1.63. The van der Waals surface area contributed by atoms with Gasteiger partial charge in [0.05, 0.1) is 16.6 Å². The van der Waals surface area contributed by atoms with E-state index in [-0.39, 0.29) is 5.69 Å². The Morgan fingerprint density at radius 2 is 1.89 bits per heavy atom. The van der Waals surface area contributed by atoms with Crippen LogP contribution in [-0.2, 0) is 0 Å². The molecular weight excluding hydrogens is 242 g/mol. The summed E-state index contributed by atoms with van der Waals surface area (Å²) in [7, 11) is 0. The SMILES string of the molecule is O=[N+]([O-])c1cccc(-c2cnnc3ccccc23)c1. The molecule has 0 unspecified atom stereocenters. The Labute approximate surface area is 108 Å². The van der Waals surface area contributed by atoms with Crippen molar-refractivity contribution < 1.29 is 4.92 Å². The van der Waals surface area contributed by atoms with Crippen LogP contribution in [0.3, 0.4) is 0 Å². The molecule has 0 N–H and O–H groups in total. The van der Waals surface area contributed by atoms with E-state index in [9.17, 15) is 10.1 Å². The molecule has 5 nitrogen and oxygen atoms in total. The van der Waals surface area contributed by atoms with Crippen molar-refractivity contribution in [2.24, 2.45) is 0 Å². The normalized spacial score (nSPS) is 10.5. The fraction of sp³-hybridized carbons (Fsp3) is 0. The van der Waals surface area contributed by atoms with Gasteiger partial charge in [0.1, 0.15) is 0 Å². The average Bonchev–Trinajstić information content (AvgIpc) is 2.47. The molecule has 19 heavy (non-hydrogen) atoms. The lowest BCUT2D eigenvalue weighted by atomic mass is 10.0. The van der Waals surface area contributed by atoms with Gasteiger partial charge in [0, 0.05) is 23.1 Å².